The molecule has 0 heterocycles. The van der Waals surface area contributed by atoms with E-state index >= 15 is 0 Å². The predicted molar refractivity (Wildman–Crippen MR) is 96.6 cm³/mol. The maximum Gasteiger partial charge on any atom is 0.339 e. The Morgan fingerprint density at radius 2 is 1.77 bits per heavy atom. The fraction of sp³-hybridized carbons (Fsp3) is 0.300. The first kappa shape index (κ1) is 19.3. The number of rotatable bonds is 6. The molecule has 0 aliphatic rings. The number of benzene rings is 2. The minimum atomic E-state index is -1.24. The summed E-state index contributed by atoms with van der Waals surface area (Å²) < 4.78 is 10.7. The predicted octanol–water partition coefficient (Wildman–Crippen LogP) is 3.66. The molecule has 6 heteroatoms. The van der Waals surface area contributed by atoms with Gasteiger partial charge in [0.2, 0.25) is 0 Å². The molecule has 6 nitrogen and oxygen atoms in total. The van der Waals surface area contributed by atoms with E-state index in [9.17, 15) is 14.7 Å². The number of carbonyl (C=O) groups excluding carboxylic acids is 1. The highest BCUT2D eigenvalue weighted by Gasteiger charge is 2.21. The van der Waals surface area contributed by atoms with Gasteiger partial charge in [0, 0.05) is 17.2 Å². The van der Waals surface area contributed by atoms with Crippen LogP contribution in [0.25, 0.3) is 0 Å². The van der Waals surface area contributed by atoms with Gasteiger partial charge in [0.1, 0.15) is 22.8 Å². The summed E-state index contributed by atoms with van der Waals surface area (Å²) in [7, 11) is 1.59. The van der Waals surface area contributed by atoms with E-state index in [1.54, 1.807) is 25.3 Å². The van der Waals surface area contributed by atoms with Gasteiger partial charge in [-0.25, -0.2) is 4.79 Å². The lowest BCUT2D eigenvalue weighted by molar-refractivity contribution is 0.0693. The topological polar surface area (TPSA) is 93.1 Å². The molecule has 0 aliphatic carbocycles. The molecule has 0 spiro atoms. The van der Waals surface area contributed by atoms with Gasteiger partial charge in [0.05, 0.1) is 7.11 Å². The summed E-state index contributed by atoms with van der Waals surface area (Å²) in [5, 5.41) is 18.6. The van der Waals surface area contributed by atoms with E-state index in [0.29, 0.717) is 11.3 Å². The Hall–Kier alpha value is -3.02. The highest BCUT2D eigenvalue weighted by atomic mass is 16.5. The first-order valence-corrected chi connectivity index (χ1v) is 8.04. The molecule has 138 valence electrons. The second kappa shape index (κ2) is 7.47. The number of hydrogen-bond donors (Lipinski definition) is 2. The fourth-order valence-electron chi connectivity index (χ4n) is 2.48. The van der Waals surface area contributed by atoms with Gasteiger partial charge < -0.3 is 19.7 Å². The first-order valence-electron chi connectivity index (χ1n) is 8.04. The molecule has 2 aromatic carbocycles. The zero-order valence-electron chi connectivity index (χ0n) is 15.2. The maximum atomic E-state index is 12.4. The van der Waals surface area contributed by atoms with Crippen molar-refractivity contribution in [1.29, 1.82) is 0 Å². The van der Waals surface area contributed by atoms with Gasteiger partial charge in [-0.1, -0.05) is 20.8 Å². The second-order valence-corrected chi connectivity index (χ2v) is 6.86. The van der Waals surface area contributed by atoms with Crippen molar-refractivity contribution in [3.05, 3.63) is 53.1 Å². The molecule has 0 aromatic heterocycles. The summed E-state index contributed by atoms with van der Waals surface area (Å²) in [5.74, 6) is -0.963. The fourth-order valence-corrected chi connectivity index (χ4v) is 2.48. The van der Waals surface area contributed by atoms with Crippen LogP contribution in [0.3, 0.4) is 0 Å². The van der Waals surface area contributed by atoms with E-state index in [4.69, 9.17) is 14.6 Å². The van der Waals surface area contributed by atoms with Crippen molar-refractivity contribution in [2.24, 2.45) is 0 Å². The minimum Gasteiger partial charge on any atom is -0.507 e. The number of methoxy groups -OCH3 is 1. The number of ketones is 1. The van der Waals surface area contributed by atoms with Crippen LogP contribution in [0, 0.1) is 0 Å². The Morgan fingerprint density at radius 1 is 1.08 bits per heavy atom. The van der Waals surface area contributed by atoms with E-state index in [2.05, 4.69) is 0 Å². The van der Waals surface area contributed by atoms with Crippen LogP contribution in [-0.2, 0) is 5.41 Å². The SMILES string of the molecule is COc1ccc(C(=O)COc2ccc(C(=O)O)c(O)c2)cc1C(C)(C)C. The zero-order valence-corrected chi connectivity index (χ0v) is 15.2. The van der Waals surface area contributed by atoms with Gasteiger partial charge in [-0.15, -0.1) is 0 Å². The molecule has 2 rings (SSSR count). The number of carboxylic acids is 1. The molecule has 0 atom stereocenters. The Labute approximate surface area is 152 Å². The summed E-state index contributed by atoms with van der Waals surface area (Å²) in [6.45, 7) is 5.86. The third kappa shape index (κ3) is 4.33. The van der Waals surface area contributed by atoms with E-state index in [-0.39, 0.29) is 29.1 Å². The van der Waals surface area contributed by atoms with Crippen molar-refractivity contribution in [3.63, 3.8) is 0 Å². The molecule has 0 amide bonds. The van der Waals surface area contributed by atoms with Crippen molar-refractivity contribution in [3.8, 4) is 17.2 Å². The van der Waals surface area contributed by atoms with Crippen LogP contribution in [0.2, 0.25) is 0 Å². The summed E-state index contributed by atoms with van der Waals surface area (Å²) >= 11 is 0. The Morgan fingerprint density at radius 3 is 2.31 bits per heavy atom. The maximum absolute atomic E-state index is 12.4. The molecule has 0 bridgehead atoms. The Balaban J connectivity index is 2.16. The van der Waals surface area contributed by atoms with Crippen LogP contribution in [-0.4, -0.2) is 35.7 Å². The van der Waals surface area contributed by atoms with Gasteiger partial charge >= 0.3 is 5.97 Å². The highest BCUT2D eigenvalue weighted by Crippen LogP contribution is 2.32. The van der Waals surface area contributed by atoms with Gasteiger partial charge in [0.15, 0.2) is 12.4 Å². The number of carbonyl (C=O) groups is 2. The van der Waals surface area contributed by atoms with Crippen molar-refractivity contribution < 1.29 is 29.3 Å². The molecule has 0 unspecified atom stereocenters. The second-order valence-electron chi connectivity index (χ2n) is 6.86. The summed E-state index contributed by atoms with van der Waals surface area (Å²) in [4.78, 5) is 23.3. The zero-order chi connectivity index (χ0) is 19.5. The van der Waals surface area contributed by atoms with Crippen LogP contribution in [0.4, 0.5) is 0 Å². The van der Waals surface area contributed by atoms with Gasteiger partial charge in [-0.3, -0.25) is 4.79 Å². The van der Waals surface area contributed by atoms with Crippen molar-refractivity contribution in [2.75, 3.05) is 13.7 Å². The molecular weight excluding hydrogens is 336 g/mol. The summed E-state index contributed by atoms with van der Waals surface area (Å²) in [6.07, 6.45) is 0. The average molecular weight is 358 g/mol. The number of aromatic carboxylic acids is 1. The van der Waals surface area contributed by atoms with Crippen LogP contribution in [0.15, 0.2) is 36.4 Å². The largest absolute Gasteiger partial charge is 0.507 e. The van der Waals surface area contributed by atoms with Gasteiger partial charge in [0.25, 0.3) is 0 Å². The van der Waals surface area contributed by atoms with Crippen LogP contribution >= 0.6 is 0 Å². The lowest BCUT2D eigenvalue weighted by atomic mass is 9.85. The smallest absolute Gasteiger partial charge is 0.339 e. The molecule has 2 N–H and O–H groups in total. The number of phenols is 1. The van der Waals surface area contributed by atoms with E-state index in [1.807, 2.05) is 20.8 Å². The lowest BCUT2D eigenvalue weighted by Gasteiger charge is -2.22. The van der Waals surface area contributed by atoms with Crippen molar-refractivity contribution >= 4 is 11.8 Å². The van der Waals surface area contributed by atoms with E-state index < -0.39 is 11.7 Å². The van der Waals surface area contributed by atoms with Crippen LogP contribution < -0.4 is 9.47 Å². The molecule has 26 heavy (non-hydrogen) atoms. The molecule has 0 saturated carbocycles. The Kier molecular flexibility index (Phi) is 5.55. The molecule has 0 saturated heterocycles. The number of carboxylic acid groups (broad SMARTS) is 1. The molecular formula is C20H22O6. The van der Waals surface area contributed by atoms with Gasteiger partial charge in [-0.2, -0.15) is 0 Å². The van der Waals surface area contributed by atoms with E-state index in [0.717, 1.165) is 5.56 Å². The normalized spacial score (nSPS) is 11.1. The van der Waals surface area contributed by atoms with Crippen LogP contribution in [0.1, 0.15) is 47.1 Å². The molecule has 0 fully saturated rings. The van der Waals surface area contributed by atoms with Gasteiger partial charge in [-0.05, 0) is 35.7 Å². The summed E-state index contributed by atoms with van der Waals surface area (Å²) in [6, 6.07) is 9.00. The lowest BCUT2D eigenvalue weighted by Crippen LogP contribution is -2.16. The quantitative estimate of drug-likeness (QED) is 0.766. The third-order valence-corrected chi connectivity index (χ3v) is 3.90. The number of hydrogen-bond acceptors (Lipinski definition) is 5. The monoisotopic (exact) mass is 358 g/mol. The molecule has 0 aliphatic heterocycles. The first-order chi connectivity index (χ1) is 12.1. The number of Topliss-reactive ketones (excluding diaryl/α,β-unsaturated/α-hetero) is 1. The average Bonchev–Trinajstić information content (AvgIpc) is 2.58. The number of aromatic hydroxyl groups is 1. The molecule has 0 radical (unpaired) electrons. The minimum absolute atomic E-state index is 0.194. The van der Waals surface area contributed by atoms with Crippen LogP contribution in [0.5, 0.6) is 17.2 Å². The highest BCUT2D eigenvalue weighted by molar-refractivity contribution is 5.97. The standard InChI is InChI=1S/C20H22O6/c1-20(2,3)15-9-12(5-8-18(15)25-4)17(22)11-26-13-6-7-14(19(23)24)16(21)10-13/h5-10,21H,11H2,1-4H3,(H,23,24). The van der Waals surface area contributed by atoms with Crippen molar-refractivity contribution in [1.82, 2.24) is 0 Å². The Bertz CT molecular complexity index is 833. The number of ether oxygens (including phenoxy) is 2. The molecule has 2 aromatic rings. The van der Waals surface area contributed by atoms with Crippen molar-refractivity contribution in [2.45, 2.75) is 26.2 Å². The third-order valence-electron chi connectivity index (χ3n) is 3.90. The van der Waals surface area contributed by atoms with E-state index in [1.165, 1.54) is 18.2 Å². The summed E-state index contributed by atoms with van der Waals surface area (Å²) in [5.41, 5.74) is 0.978.